The van der Waals surface area contributed by atoms with Gasteiger partial charge in [-0.15, -0.1) is 0 Å². The Balaban J connectivity index is 1.83. The topological polar surface area (TPSA) is 131 Å². The highest BCUT2D eigenvalue weighted by Crippen LogP contribution is 2.27. The minimum atomic E-state index is -1.04. The lowest BCUT2D eigenvalue weighted by Crippen LogP contribution is -2.48. The van der Waals surface area contributed by atoms with Crippen LogP contribution in [0.15, 0.2) is 34.9 Å². The highest BCUT2D eigenvalue weighted by Gasteiger charge is 2.35. The van der Waals surface area contributed by atoms with Gasteiger partial charge in [-0.05, 0) is 44.7 Å². The normalized spacial score (nSPS) is 14.2. The van der Waals surface area contributed by atoms with Crippen molar-refractivity contribution in [3.05, 3.63) is 47.2 Å². The standard InChI is InChI=1S/C26H34N4O6/c1-4-35-24(33)16-30(23(32)14-13-22(31)28-21-15-18(3)36-29-21)25(20-12-8-5-9-17(20)2)26(34)27-19-10-6-7-11-19/h5,8-9,12,15,19,25H,4,6-7,10-11,13-14,16H2,1-3H3,(H,27,34)(H,28,29,31)/t25-/m1/s1. The molecule has 10 heteroatoms. The average Bonchev–Trinajstić information content (AvgIpc) is 3.50. The summed E-state index contributed by atoms with van der Waals surface area (Å²) in [6.45, 7) is 4.95. The minimum absolute atomic E-state index is 0.0280. The van der Waals surface area contributed by atoms with E-state index in [9.17, 15) is 19.2 Å². The van der Waals surface area contributed by atoms with Gasteiger partial charge in [0.25, 0.3) is 0 Å². The summed E-state index contributed by atoms with van der Waals surface area (Å²) in [5.41, 5.74) is 1.43. The van der Waals surface area contributed by atoms with E-state index in [1.54, 1.807) is 32.0 Å². The largest absolute Gasteiger partial charge is 0.465 e. The molecule has 1 aromatic carbocycles. The molecule has 1 fully saturated rings. The number of carbonyl (C=O) groups excluding carboxylic acids is 4. The quantitative estimate of drug-likeness (QED) is 0.455. The van der Waals surface area contributed by atoms with Gasteiger partial charge >= 0.3 is 5.97 Å². The molecular formula is C26H34N4O6. The zero-order valence-electron chi connectivity index (χ0n) is 21.0. The zero-order valence-corrected chi connectivity index (χ0v) is 21.0. The molecular weight excluding hydrogens is 464 g/mol. The molecule has 0 unspecified atom stereocenters. The summed E-state index contributed by atoms with van der Waals surface area (Å²) in [5.74, 6) is -1.13. The summed E-state index contributed by atoms with van der Waals surface area (Å²) in [7, 11) is 0. The van der Waals surface area contributed by atoms with Gasteiger partial charge in [-0.3, -0.25) is 19.2 Å². The highest BCUT2D eigenvalue weighted by molar-refractivity contribution is 5.95. The molecule has 1 heterocycles. The number of rotatable bonds is 11. The van der Waals surface area contributed by atoms with Gasteiger partial charge in [-0.25, -0.2) is 0 Å². The molecule has 10 nitrogen and oxygen atoms in total. The molecule has 0 spiro atoms. The van der Waals surface area contributed by atoms with Crippen molar-refractivity contribution in [1.29, 1.82) is 0 Å². The van der Waals surface area contributed by atoms with Crippen LogP contribution in [0.5, 0.6) is 0 Å². The van der Waals surface area contributed by atoms with Crippen LogP contribution < -0.4 is 10.6 Å². The molecule has 1 saturated carbocycles. The van der Waals surface area contributed by atoms with Gasteiger partial charge in [0.05, 0.1) is 6.61 Å². The molecule has 0 saturated heterocycles. The second-order valence-corrected chi connectivity index (χ2v) is 8.95. The second-order valence-electron chi connectivity index (χ2n) is 8.95. The van der Waals surface area contributed by atoms with Crippen LogP contribution in [-0.2, 0) is 23.9 Å². The van der Waals surface area contributed by atoms with Crippen molar-refractivity contribution in [2.45, 2.75) is 71.4 Å². The number of hydrogen-bond acceptors (Lipinski definition) is 7. The van der Waals surface area contributed by atoms with E-state index in [-0.39, 0.29) is 37.2 Å². The predicted molar refractivity (Wildman–Crippen MR) is 132 cm³/mol. The van der Waals surface area contributed by atoms with Crippen LogP contribution in [-0.4, -0.2) is 52.9 Å². The number of nitrogens with one attached hydrogen (secondary N) is 2. The fourth-order valence-electron chi connectivity index (χ4n) is 4.36. The molecule has 36 heavy (non-hydrogen) atoms. The lowest BCUT2D eigenvalue weighted by molar-refractivity contribution is -0.152. The number of carbonyl (C=O) groups is 4. The van der Waals surface area contributed by atoms with E-state index < -0.39 is 30.4 Å². The van der Waals surface area contributed by atoms with Gasteiger partial charge in [0.2, 0.25) is 17.7 Å². The van der Waals surface area contributed by atoms with E-state index in [2.05, 4.69) is 15.8 Å². The maximum absolute atomic E-state index is 13.6. The SMILES string of the molecule is CCOC(=O)CN(C(=O)CCC(=O)Nc1cc(C)on1)[C@@H](C(=O)NC1CCCC1)c1ccccc1C. The van der Waals surface area contributed by atoms with Gasteiger partial charge in [0.15, 0.2) is 5.82 Å². The third-order valence-electron chi connectivity index (χ3n) is 6.13. The molecule has 3 amide bonds. The van der Waals surface area contributed by atoms with E-state index >= 15 is 0 Å². The van der Waals surface area contributed by atoms with Crippen LogP contribution in [0.1, 0.15) is 68.4 Å². The van der Waals surface area contributed by atoms with E-state index in [4.69, 9.17) is 9.26 Å². The lowest BCUT2D eigenvalue weighted by Gasteiger charge is -2.32. The molecule has 3 rings (SSSR count). The average molecular weight is 499 g/mol. The van der Waals surface area contributed by atoms with Crippen molar-refractivity contribution in [1.82, 2.24) is 15.4 Å². The Hall–Kier alpha value is -3.69. The molecule has 1 aromatic heterocycles. The summed E-state index contributed by atoms with van der Waals surface area (Å²) in [5, 5.41) is 9.35. The monoisotopic (exact) mass is 498 g/mol. The zero-order chi connectivity index (χ0) is 26.1. The van der Waals surface area contributed by atoms with Gasteiger partial charge < -0.3 is 24.8 Å². The lowest BCUT2D eigenvalue weighted by atomic mass is 9.98. The Labute approximate surface area is 210 Å². The molecule has 194 valence electrons. The first-order chi connectivity index (χ1) is 17.3. The Kier molecular flexibility index (Phi) is 9.61. The van der Waals surface area contributed by atoms with Crippen LogP contribution in [0.3, 0.4) is 0 Å². The van der Waals surface area contributed by atoms with E-state index in [1.165, 1.54) is 4.90 Å². The number of ether oxygens (including phenoxy) is 1. The number of hydrogen-bond donors (Lipinski definition) is 2. The van der Waals surface area contributed by atoms with Gasteiger partial charge in [-0.2, -0.15) is 0 Å². The van der Waals surface area contributed by atoms with Gasteiger partial charge in [-0.1, -0.05) is 42.3 Å². The number of esters is 1. The Morgan fingerprint density at radius 2 is 1.86 bits per heavy atom. The maximum Gasteiger partial charge on any atom is 0.325 e. The van der Waals surface area contributed by atoms with Crippen molar-refractivity contribution < 1.29 is 28.4 Å². The molecule has 1 aliphatic rings. The predicted octanol–water partition coefficient (Wildman–Crippen LogP) is 3.20. The van der Waals surface area contributed by atoms with E-state index in [0.717, 1.165) is 31.2 Å². The molecule has 1 atom stereocenters. The first-order valence-corrected chi connectivity index (χ1v) is 12.3. The Bertz CT molecular complexity index is 1080. The van der Waals surface area contributed by atoms with Crippen molar-refractivity contribution >= 4 is 29.5 Å². The number of anilines is 1. The van der Waals surface area contributed by atoms with Crippen LogP contribution in [0.4, 0.5) is 5.82 Å². The summed E-state index contributed by atoms with van der Waals surface area (Å²) >= 11 is 0. The number of amides is 3. The molecule has 0 aliphatic heterocycles. The summed E-state index contributed by atoms with van der Waals surface area (Å²) in [4.78, 5) is 53.1. The Morgan fingerprint density at radius 3 is 2.50 bits per heavy atom. The first-order valence-electron chi connectivity index (χ1n) is 12.3. The van der Waals surface area contributed by atoms with Crippen LogP contribution >= 0.6 is 0 Å². The Morgan fingerprint density at radius 1 is 1.14 bits per heavy atom. The molecule has 0 bridgehead atoms. The van der Waals surface area contributed by atoms with Crippen molar-refractivity contribution in [2.75, 3.05) is 18.5 Å². The minimum Gasteiger partial charge on any atom is -0.465 e. The molecule has 2 N–H and O–H groups in total. The third kappa shape index (κ3) is 7.40. The fraction of sp³-hybridized carbons (Fsp3) is 0.500. The molecule has 1 aliphatic carbocycles. The highest BCUT2D eigenvalue weighted by atomic mass is 16.5. The summed E-state index contributed by atoms with van der Waals surface area (Å²) in [6.07, 6.45) is 3.45. The van der Waals surface area contributed by atoms with Crippen molar-refractivity contribution in [3.8, 4) is 0 Å². The summed E-state index contributed by atoms with van der Waals surface area (Å²) in [6, 6.07) is 7.82. The van der Waals surface area contributed by atoms with Crippen LogP contribution in [0.25, 0.3) is 0 Å². The smallest absolute Gasteiger partial charge is 0.325 e. The number of benzene rings is 1. The van der Waals surface area contributed by atoms with Crippen molar-refractivity contribution in [3.63, 3.8) is 0 Å². The van der Waals surface area contributed by atoms with Gasteiger partial charge in [0, 0.05) is 24.9 Å². The maximum atomic E-state index is 13.6. The van der Waals surface area contributed by atoms with Crippen LogP contribution in [0, 0.1) is 13.8 Å². The van der Waals surface area contributed by atoms with E-state index in [1.807, 2.05) is 19.1 Å². The van der Waals surface area contributed by atoms with Gasteiger partial charge in [0.1, 0.15) is 18.3 Å². The number of nitrogens with zero attached hydrogens (tertiary/aromatic N) is 2. The number of aromatic nitrogens is 1. The third-order valence-corrected chi connectivity index (χ3v) is 6.13. The molecule has 0 radical (unpaired) electrons. The number of aryl methyl sites for hydroxylation is 2. The molecule has 2 aromatic rings. The fourth-order valence-corrected chi connectivity index (χ4v) is 4.36. The second kappa shape index (κ2) is 12.9. The van der Waals surface area contributed by atoms with Crippen LogP contribution in [0.2, 0.25) is 0 Å². The first kappa shape index (κ1) is 26.9. The van der Waals surface area contributed by atoms with E-state index in [0.29, 0.717) is 11.3 Å². The summed E-state index contributed by atoms with van der Waals surface area (Å²) < 4.78 is 10.0. The van der Waals surface area contributed by atoms with Crippen molar-refractivity contribution in [2.24, 2.45) is 0 Å².